The van der Waals surface area contributed by atoms with E-state index in [9.17, 15) is 14.4 Å². The summed E-state index contributed by atoms with van der Waals surface area (Å²) < 4.78 is 0. The van der Waals surface area contributed by atoms with Crippen LogP contribution in [0.25, 0.3) is 0 Å². The smallest absolute Gasteiger partial charge is 0.308 e. The molecule has 7 heteroatoms. The van der Waals surface area contributed by atoms with Gasteiger partial charge in [-0.1, -0.05) is 12.5 Å². The summed E-state index contributed by atoms with van der Waals surface area (Å²) in [5, 5.41) is 16.3. The largest absolute Gasteiger partial charge is 0.481 e. The van der Waals surface area contributed by atoms with Gasteiger partial charge in [-0.05, 0) is 24.3 Å². The lowest BCUT2D eigenvalue weighted by Crippen LogP contribution is -2.41. The SMILES string of the molecule is O=C(CCNC(=O)c1cccs1)NC1CCCC1C(=O)O. The highest BCUT2D eigenvalue weighted by atomic mass is 32.1. The molecule has 3 N–H and O–H groups in total. The summed E-state index contributed by atoms with van der Waals surface area (Å²) in [5.74, 6) is -1.76. The van der Waals surface area contributed by atoms with Crippen molar-refractivity contribution in [2.45, 2.75) is 31.7 Å². The van der Waals surface area contributed by atoms with Gasteiger partial charge in [-0.3, -0.25) is 14.4 Å². The Morgan fingerprint density at radius 3 is 2.81 bits per heavy atom. The molecule has 0 saturated heterocycles. The van der Waals surface area contributed by atoms with Crippen molar-refractivity contribution in [1.82, 2.24) is 10.6 Å². The van der Waals surface area contributed by atoms with E-state index in [1.54, 1.807) is 12.1 Å². The second kappa shape index (κ2) is 7.21. The highest BCUT2D eigenvalue weighted by Crippen LogP contribution is 2.25. The van der Waals surface area contributed by atoms with E-state index in [2.05, 4.69) is 10.6 Å². The minimum Gasteiger partial charge on any atom is -0.481 e. The van der Waals surface area contributed by atoms with Crippen LogP contribution in [-0.2, 0) is 9.59 Å². The number of aliphatic carboxylic acids is 1. The third kappa shape index (κ3) is 4.29. The van der Waals surface area contributed by atoms with Gasteiger partial charge in [-0.15, -0.1) is 11.3 Å². The van der Waals surface area contributed by atoms with Crippen molar-refractivity contribution in [1.29, 1.82) is 0 Å². The van der Waals surface area contributed by atoms with Crippen LogP contribution in [0.2, 0.25) is 0 Å². The van der Waals surface area contributed by atoms with E-state index < -0.39 is 11.9 Å². The molecule has 0 spiro atoms. The molecule has 2 amide bonds. The molecule has 0 aromatic carbocycles. The Hall–Kier alpha value is -1.89. The number of hydrogen-bond acceptors (Lipinski definition) is 4. The molecule has 21 heavy (non-hydrogen) atoms. The normalized spacial score (nSPS) is 21.0. The second-order valence-electron chi connectivity index (χ2n) is 5.03. The molecular weight excluding hydrogens is 292 g/mol. The molecule has 1 aliphatic carbocycles. The fourth-order valence-electron chi connectivity index (χ4n) is 2.49. The summed E-state index contributed by atoms with van der Waals surface area (Å²) in [6.45, 7) is 0.243. The molecular formula is C14H18N2O4S. The molecule has 1 heterocycles. The van der Waals surface area contributed by atoms with Gasteiger partial charge in [0.05, 0.1) is 10.8 Å². The van der Waals surface area contributed by atoms with E-state index >= 15 is 0 Å². The Balaban J connectivity index is 1.70. The summed E-state index contributed by atoms with van der Waals surface area (Å²) in [6, 6.07) is 3.22. The Labute approximate surface area is 126 Å². The molecule has 114 valence electrons. The van der Waals surface area contributed by atoms with Crippen molar-refractivity contribution in [3.8, 4) is 0 Å². The minimum atomic E-state index is -0.858. The first-order valence-electron chi connectivity index (χ1n) is 6.92. The van der Waals surface area contributed by atoms with E-state index in [1.165, 1.54) is 11.3 Å². The topological polar surface area (TPSA) is 95.5 Å². The molecule has 1 aromatic rings. The summed E-state index contributed by atoms with van der Waals surface area (Å²) in [5.41, 5.74) is 0. The number of carboxylic acid groups (broad SMARTS) is 1. The predicted molar refractivity (Wildman–Crippen MR) is 78.2 cm³/mol. The Bertz CT molecular complexity index is 515. The van der Waals surface area contributed by atoms with Gasteiger partial charge < -0.3 is 15.7 Å². The zero-order chi connectivity index (χ0) is 15.2. The van der Waals surface area contributed by atoms with E-state index in [-0.39, 0.29) is 30.8 Å². The van der Waals surface area contributed by atoms with Gasteiger partial charge >= 0.3 is 5.97 Å². The van der Waals surface area contributed by atoms with Crippen molar-refractivity contribution >= 4 is 29.1 Å². The Morgan fingerprint density at radius 2 is 2.14 bits per heavy atom. The first kappa shape index (κ1) is 15.5. The minimum absolute atomic E-state index is 0.153. The lowest BCUT2D eigenvalue weighted by atomic mass is 10.0. The maximum Gasteiger partial charge on any atom is 0.308 e. The first-order chi connectivity index (χ1) is 10.1. The average Bonchev–Trinajstić information content (AvgIpc) is 3.09. The molecule has 1 aliphatic rings. The van der Waals surface area contributed by atoms with Crippen molar-refractivity contribution < 1.29 is 19.5 Å². The Kier molecular flexibility index (Phi) is 5.32. The molecule has 2 rings (SSSR count). The first-order valence-corrected chi connectivity index (χ1v) is 7.80. The summed E-state index contributed by atoms with van der Waals surface area (Å²) in [6.07, 6.45) is 2.27. The fraction of sp³-hybridized carbons (Fsp3) is 0.500. The van der Waals surface area contributed by atoms with Crippen LogP contribution in [0.15, 0.2) is 17.5 Å². The van der Waals surface area contributed by atoms with Crippen LogP contribution in [0.1, 0.15) is 35.4 Å². The van der Waals surface area contributed by atoms with Crippen molar-refractivity contribution in [2.75, 3.05) is 6.54 Å². The van der Waals surface area contributed by atoms with Gasteiger partial charge in [0.25, 0.3) is 5.91 Å². The molecule has 1 aromatic heterocycles. The number of thiophene rings is 1. The second-order valence-corrected chi connectivity index (χ2v) is 5.98. The van der Waals surface area contributed by atoms with Crippen LogP contribution in [-0.4, -0.2) is 35.5 Å². The van der Waals surface area contributed by atoms with E-state index in [0.717, 1.165) is 6.42 Å². The number of carbonyl (C=O) groups is 3. The molecule has 1 fully saturated rings. The zero-order valence-corrected chi connectivity index (χ0v) is 12.3. The number of nitrogens with one attached hydrogen (secondary N) is 2. The lowest BCUT2D eigenvalue weighted by Gasteiger charge is -2.17. The van der Waals surface area contributed by atoms with Crippen LogP contribution in [0.3, 0.4) is 0 Å². The van der Waals surface area contributed by atoms with Gasteiger partial charge in [0, 0.05) is 19.0 Å². The average molecular weight is 310 g/mol. The van der Waals surface area contributed by atoms with Crippen LogP contribution < -0.4 is 10.6 Å². The summed E-state index contributed by atoms with van der Waals surface area (Å²) in [4.78, 5) is 35.1. The number of carbonyl (C=O) groups excluding carboxylic acids is 2. The third-order valence-electron chi connectivity index (χ3n) is 3.56. The fourth-order valence-corrected chi connectivity index (χ4v) is 3.13. The Morgan fingerprint density at radius 1 is 1.33 bits per heavy atom. The van der Waals surface area contributed by atoms with E-state index in [4.69, 9.17) is 5.11 Å². The van der Waals surface area contributed by atoms with Crippen molar-refractivity contribution in [3.63, 3.8) is 0 Å². The molecule has 0 bridgehead atoms. The zero-order valence-electron chi connectivity index (χ0n) is 11.5. The highest BCUT2D eigenvalue weighted by molar-refractivity contribution is 7.12. The van der Waals surface area contributed by atoms with E-state index in [1.807, 2.05) is 5.38 Å². The van der Waals surface area contributed by atoms with Gasteiger partial charge in [0.2, 0.25) is 5.91 Å². The number of hydrogen-bond donors (Lipinski definition) is 3. The molecule has 1 saturated carbocycles. The van der Waals surface area contributed by atoms with Crippen molar-refractivity contribution in [2.24, 2.45) is 5.92 Å². The molecule has 2 unspecified atom stereocenters. The van der Waals surface area contributed by atoms with Gasteiger partial charge in [0.15, 0.2) is 0 Å². The predicted octanol–water partition coefficient (Wildman–Crippen LogP) is 1.24. The molecule has 0 radical (unpaired) electrons. The van der Waals surface area contributed by atoms with Crippen LogP contribution >= 0.6 is 11.3 Å². The molecule has 0 aliphatic heterocycles. The van der Waals surface area contributed by atoms with Gasteiger partial charge in [-0.25, -0.2) is 0 Å². The standard InChI is InChI=1S/C14H18N2O4S/c17-12(16-10-4-1-3-9(10)14(19)20)6-7-15-13(18)11-5-2-8-21-11/h2,5,8-10H,1,3-4,6-7H2,(H,15,18)(H,16,17)(H,19,20). The molecule has 6 nitrogen and oxygen atoms in total. The van der Waals surface area contributed by atoms with E-state index in [0.29, 0.717) is 17.7 Å². The quantitative estimate of drug-likeness (QED) is 0.736. The lowest BCUT2D eigenvalue weighted by molar-refractivity contribution is -0.142. The van der Waals surface area contributed by atoms with Crippen LogP contribution in [0, 0.1) is 5.92 Å². The third-order valence-corrected chi connectivity index (χ3v) is 4.43. The maximum absolute atomic E-state index is 11.8. The van der Waals surface area contributed by atoms with Gasteiger partial charge in [0.1, 0.15) is 0 Å². The maximum atomic E-state index is 11.8. The van der Waals surface area contributed by atoms with Crippen LogP contribution in [0.4, 0.5) is 0 Å². The van der Waals surface area contributed by atoms with Crippen LogP contribution in [0.5, 0.6) is 0 Å². The number of rotatable bonds is 6. The monoisotopic (exact) mass is 310 g/mol. The highest BCUT2D eigenvalue weighted by Gasteiger charge is 2.33. The van der Waals surface area contributed by atoms with Crippen molar-refractivity contribution in [3.05, 3.63) is 22.4 Å². The summed E-state index contributed by atoms with van der Waals surface area (Å²) in [7, 11) is 0. The number of amides is 2. The van der Waals surface area contributed by atoms with Gasteiger partial charge in [-0.2, -0.15) is 0 Å². The molecule has 2 atom stereocenters. The number of carboxylic acids is 1. The summed E-state index contributed by atoms with van der Waals surface area (Å²) >= 11 is 1.34.